The summed E-state index contributed by atoms with van der Waals surface area (Å²) in [5.41, 5.74) is 0. The van der Waals surface area contributed by atoms with E-state index in [-0.39, 0.29) is 12.7 Å². The fourth-order valence-corrected chi connectivity index (χ4v) is 1.84. The van der Waals surface area contributed by atoms with Crippen LogP contribution in [0.5, 0.6) is 0 Å². The van der Waals surface area contributed by atoms with Gasteiger partial charge in [0.05, 0.1) is 12.5 Å². The number of ether oxygens (including phenoxy) is 1. The van der Waals surface area contributed by atoms with Gasteiger partial charge in [-0.25, -0.2) is 9.59 Å². The lowest BCUT2D eigenvalue weighted by Gasteiger charge is -2.31. The number of carbonyl (C=O) groups excluding carboxylic acids is 1. The van der Waals surface area contributed by atoms with E-state index in [1.54, 1.807) is 0 Å². The highest BCUT2D eigenvalue weighted by Gasteiger charge is 2.28. The summed E-state index contributed by atoms with van der Waals surface area (Å²) in [5, 5.41) is 10.7. The van der Waals surface area contributed by atoms with E-state index in [9.17, 15) is 22.8 Å². The molecule has 0 aromatic heterocycles. The van der Waals surface area contributed by atoms with Crippen molar-refractivity contribution in [3.63, 3.8) is 0 Å². The minimum Gasteiger partial charge on any atom is -0.480 e. The van der Waals surface area contributed by atoms with Gasteiger partial charge in [-0.1, -0.05) is 0 Å². The van der Waals surface area contributed by atoms with Crippen LogP contribution in [0.25, 0.3) is 0 Å². The molecule has 0 unspecified atom stereocenters. The number of nitrogens with one attached hydrogen (secondary N) is 1. The number of amides is 2. The summed E-state index contributed by atoms with van der Waals surface area (Å²) < 4.78 is 40.9. The van der Waals surface area contributed by atoms with Crippen LogP contribution in [0, 0.1) is 0 Å². The smallest absolute Gasteiger partial charge is 0.390 e. The van der Waals surface area contributed by atoms with Crippen LogP contribution < -0.4 is 5.32 Å². The fourth-order valence-electron chi connectivity index (χ4n) is 1.84. The monoisotopic (exact) mass is 298 g/mol. The molecule has 1 rings (SSSR count). The van der Waals surface area contributed by atoms with E-state index >= 15 is 0 Å². The second kappa shape index (κ2) is 7.32. The van der Waals surface area contributed by atoms with E-state index in [1.165, 1.54) is 4.90 Å². The number of piperidine rings is 1. The number of halogens is 3. The Morgan fingerprint density at radius 2 is 1.90 bits per heavy atom. The zero-order valence-electron chi connectivity index (χ0n) is 10.8. The number of likely N-dealkylation sites (tertiary alicyclic amines) is 1. The lowest BCUT2D eigenvalue weighted by molar-refractivity contribution is -0.145. The molecule has 0 bridgehead atoms. The summed E-state index contributed by atoms with van der Waals surface area (Å²) in [5.74, 6) is -1.06. The molecule has 1 saturated heterocycles. The molecule has 1 aliphatic rings. The van der Waals surface area contributed by atoms with Gasteiger partial charge in [0.2, 0.25) is 0 Å². The summed E-state index contributed by atoms with van der Waals surface area (Å²) >= 11 is 0. The number of hydrogen-bond donors (Lipinski definition) is 2. The van der Waals surface area contributed by atoms with Crippen LogP contribution in [0.3, 0.4) is 0 Å². The molecular formula is C11H17F3N2O4. The van der Waals surface area contributed by atoms with Crippen LogP contribution >= 0.6 is 0 Å². The van der Waals surface area contributed by atoms with E-state index in [4.69, 9.17) is 9.84 Å². The second-order valence-corrected chi connectivity index (χ2v) is 4.49. The topological polar surface area (TPSA) is 78.9 Å². The molecule has 1 heterocycles. The Hall–Kier alpha value is -1.51. The second-order valence-electron chi connectivity index (χ2n) is 4.49. The van der Waals surface area contributed by atoms with Gasteiger partial charge in [-0.05, 0) is 12.8 Å². The van der Waals surface area contributed by atoms with Gasteiger partial charge in [0.1, 0.15) is 6.61 Å². The first-order chi connectivity index (χ1) is 9.28. The summed E-state index contributed by atoms with van der Waals surface area (Å²) in [6, 6.07) is -0.536. The van der Waals surface area contributed by atoms with E-state index in [0.717, 1.165) is 0 Å². The third-order valence-corrected chi connectivity index (χ3v) is 2.86. The molecule has 2 amide bonds. The average molecular weight is 298 g/mol. The number of rotatable bonds is 5. The number of carboxylic acids is 1. The highest BCUT2D eigenvalue weighted by molar-refractivity contribution is 5.74. The molecule has 0 aliphatic carbocycles. The summed E-state index contributed by atoms with van der Waals surface area (Å²) in [4.78, 5) is 23.3. The molecule has 6 nitrogen and oxygen atoms in total. The Kier molecular flexibility index (Phi) is 6.05. The molecule has 0 saturated carbocycles. The predicted molar refractivity (Wildman–Crippen MR) is 62.3 cm³/mol. The maximum Gasteiger partial charge on any atom is 0.390 e. The van der Waals surface area contributed by atoms with Gasteiger partial charge in [0.25, 0.3) is 0 Å². The van der Waals surface area contributed by atoms with E-state index in [2.05, 4.69) is 5.32 Å². The van der Waals surface area contributed by atoms with Crippen LogP contribution in [0.2, 0.25) is 0 Å². The number of aliphatic carboxylic acids is 1. The van der Waals surface area contributed by atoms with Gasteiger partial charge in [0, 0.05) is 19.6 Å². The van der Waals surface area contributed by atoms with Crippen LogP contribution in [0.15, 0.2) is 0 Å². The number of carbonyl (C=O) groups is 2. The first-order valence-electron chi connectivity index (χ1n) is 6.21. The minimum absolute atomic E-state index is 0.231. The molecule has 2 N–H and O–H groups in total. The molecule has 9 heteroatoms. The molecular weight excluding hydrogens is 281 g/mol. The van der Waals surface area contributed by atoms with E-state index in [0.29, 0.717) is 25.9 Å². The molecule has 0 aromatic rings. The van der Waals surface area contributed by atoms with Crippen LogP contribution in [0.1, 0.15) is 19.3 Å². The molecule has 20 heavy (non-hydrogen) atoms. The van der Waals surface area contributed by atoms with E-state index in [1.807, 2.05) is 0 Å². The van der Waals surface area contributed by atoms with Gasteiger partial charge in [-0.3, -0.25) is 0 Å². The summed E-state index contributed by atoms with van der Waals surface area (Å²) in [7, 11) is 0. The Balaban J connectivity index is 2.20. The number of alkyl halides is 3. The number of urea groups is 1. The lowest BCUT2D eigenvalue weighted by Crippen LogP contribution is -2.46. The van der Waals surface area contributed by atoms with Crippen molar-refractivity contribution in [2.75, 3.05) is 26.2 Å². The third-order valence-electron chi connectivity index (χ3n) is 2.86. The summed E-state index contributed by atoms with van der Waals surface area (Å²) in [6.07, 6.45) is -4.63. The van der Waals surface area contributed by atoms with Crippen molar-refractivity contribution in [1.29, 1.82) is 0 Å². The van der Waals surface area contributed by atoms with Crippen molar-refractivity contribution in [3.05, 3.63) is 0 Å². The Morgan fingerprint density at radius 3 is 2.40 bits per heavy atom. The molecule has 0 atom stereocenters. The maximum atomic E-state index is 11.9. The normalized spacial score (nSPS) is 17.1. The lowest BCUT2D eigenvalue weighted by atomic mass is 10.1. The zero-order chi connectivity index (χ0) is 15.2. The fraction of sp³-hybridized carbons (Fsp3) is 0.818. The molecule has 0 aromatic carbocycles. The molecule has 0 spiro atoms. The van der Waals surface area contributed by atoms with Crippen molar-refractivity contribution in [3.8, 4) is 0 Å². The van der Waals surface area contributed by atoms with Crippen LogP contribution in [0.4, 0.5) is 18.0 Å². The maximum absolute atomic E-state index is 11.9. The minimum atomic E-state index is -4.29. The highest BCUT2D eigenvalue weighted by Crippen LogP contribution is 2.18. The number of nitrogens with zero attached hydrogens (tertiary/aromatic N) is 1. The SMILES string of the molecule is O=C(O)COC1CCN(C(=O)NCCC(F)(F)F)CC1. The Morgan fingerprint density at radius 1 is 1.30 bits per heavy atom. The average Bonchev–Trinajstić information content (AvgIpc) is 2.35. The van der Waals surface area contributed by atoms with Crippen molar-refractivity contribution in [1.82, 2.24) is 10.2 Å². The first-order valence-corrected chi connectivity index (χ1v) is 6.21. The summed E-state index contributed by atoms with van der Waals surface area (Å²) in [6.45, 7) is -0.162. The van der Waals surface area contributed by atoms with Crippen molar-refractivity contribution >= 4 is 12.0 Å². The quantitative estimate of drug-likeness (QED) is 0.800. The van der Waals surface area contributed by atoms with Crippen LogP contribution in [-0.4, -0.2) is 60.5 Å². The van der Waals surface area contributed by atoms with Gasteiger partial charge in [-0.15, -0.1) is 0 Å². The Bertz CT molecular complexity index is 341. The number of carboxylic acid groups (broad SMARTS) is 1. The zero-order valence-corrected chi connectivity index (χ0v) is 10.8. The standard InChI is InChI=1S/C11H17F3N2O4/c12-11(13,14)3-4-15-10(19)16-5-1-8(2-6-16)20-7-9(17)18/h8H,1-7H2,(H,15,19)(H,17,18). The van der Waals surface area contributed by atoms with Crippen molar-refractivity contribution < 1.29 is 32.6 Å². The van der Waals surface area contributed by atoms with Gasteiger partial charge >= 0.3 is 18.2 Å². The van der Waals surface area contributed by atoms with Crippen LogP contribution in [-0.2, 0) is 9.53 Å². The molecule has 116 valence electrons. The Labute approximate surface area is 113 Å². The van der Waals surface area contributed by atoms with Gasteiger partial charge in [-0.2, -0.15) is 13.2 Å². The highest BCUT2D eigenvalue weighted by atomic mass is 19.4. The number of hydrogen-bond acceptors (Lipinski definition) is 3. The first kappa shape index (κ1) is 16.5. The molecule has 0 radical (unpaired) electrons. The van der Waals surface area contributed by atoms with Crippen molar-refractivity contribution in [2.24, 2.45) is 0 Å². The van der Waals surface area contributed by atoms with Gasteiger partial charge in [0.15, 0.2) is 0 Å². The predicted octanol–water partition coefficient (Wildman–Crippen LogP) is 1.21. The molecule has 1 fully saturated rings. The van der Waals surface area contributed by atoms with Gasteiger partial charge < -0.3 is 20.1 Å². The third kappa shape index (κ3) is 6.60. The largest absolute Gasteiger partial charge is 0.480 e. The van der Waals surface area contributed by atoms with E-state index < -0.39 is 31.1 Å². The molecule has 1 aliphatic heterocycles. The van der Waals surface area contributed by atoms with Crippen molar-refractivity contribution in [2.45, 2.75) is 31.5 Å².